The summed E-state index contributed by atoms with van der Waals surface area (Å²) in [4.78, 5) is 31.7. The maximum atomic E-state index is 11.7. The van der Waals surface area contributed by atoms with E-state index in [2.05, 4.69) is 20.2 Å². The number of amides is 1. The summed E-state index contributed by atoms with van der Waals surface area (Å²) in [5.41, 5.74) is 7.63. The Morgan fingerprint density at radius 2 is 2.00 bits per heavy atom. The van der Waals surface area contributed by atoms with Gasteiger partial charge in [0, 0.05) is 25.7 Å². The minimum Gasteiger partial charge on any atom is -0.444 e. The van der Waals surface area contributed by atoms with E-state index < -0.39 is 10.5 Å². The molecule has 1 unspecified atom stereocenters. The number of carbonyl (C=O) groups excluding carboxylic acids is 1. The van der Waals surface area contributed by atoms with Gasteiger partial charge in [-0.05, 0) is 64.2 Å². The molecule has 1 amide bonds. The lowest BCUT2D eigenvalue weighted by Crippen LogP contribution is -2.36. The third kappa shape index (κ3) is 8.38. The number of nitrogens with one attached hydrogen (secondary N) is 1. The molecule has 180 valence electrons. The first kappa shape index (κ1) is 26.1. The third-order valence-corrected chi connectivity index (χ3v) is 5.20. The molecule has 11 heteroatoms. The van der Waals surface area contributed by atoms with E-state index in [-0.39, 0.29) is 11.8 Å². The van der Waals surface area contributed by atoms with Crippen molar-refractivity contribution in [3.8, 4) is 0 Å². The summed E-state index contributed by atoms with van der Waals surface area (Å²) in [6.45, 7) is 11.7. The molecule has 3 N–H and O–H groups in total. The number of ether oxygens (including phenoxy) is 1. The van der Waals surface area contributed by atoms with E-state index in [1.807, 2.05) is 33.8 Å². The molecule has 33 heavy (non-hydrogen) atoms. The van der Waals surface area contributed by atoms with Gasteiger partial charge < -0.3 is 20.7 Å². The van der Waals surface area contributed by atoms with Crippen molar-refractivity contribution in [1.29, 1.82) is 0 Å². The highest BCUT2D eigenvalue weighted by molar-refractivity contribution is 6.30. The van der Waals surface area contributed by atoms with Gasteiger partial charge in [0.2, 0.25) is 0 Å². The smallest absolute Gasteiger partial charge is 0.407 e. The van der Waals surface area contributed by atoms with Gasteiger partial charge in [-0.1, -0.05) is 11.6 Å². The standard InChI is InChI=1S/C16H26N4O2.C6H5ClN2O2/c1-11-7-13(17)9-18-14(11)20-6-5-12(10-20)8-19-15(21)22-16(2,3)4;1-4-2-5(9(10)11)3-8-6(4)7/h7,9,12H,5-6,8,10,17H2,1-4H3,(H,19,21);2-3H,1H3. The van der Waals surface area contributed by atoms with Crippen LogP contribution in [0.2, 0.25) is 5.15 Å². The average molecular weight is 479 g/mol. The van der Waals surface area contributed by atoms with E-state index in [0.29, 0.717) is 28.9 Å². The second kappa shape index (κ2) is 11.1. The number of pyridine rings is 2. The topological polar surface area (TPSA) is 137 Å². The number of nitrogen functional groups attached to an aromatic ring is 1. The molecule has 2 aromatic rings. The van der Waals surface area contributed by atoms with E-state index in [4.69, 9.17) is 22.1 Å². The Hall–Kier alpha value is -3.14. The number of hydrogen-bond donors (Lipinski definition) is 2. The zero-order valence-electron chi connectivity index (χ0n) is 19.6. The molecule has 0 bridgehead atoms. The number of nitro groups is 1. The summed E-state index contributed by atoms with van der Waals surface area (Å²) >= 11 is 5.55. The summed E-state index contributed by atoms with van der Waals surface area (Å²) in [6, 6.07) is 3.32. The molecule has 1 aliphatic rings. The fraction of sp³-hybridized carbons (Fsp3) is 0.500. The molecule has 3 heterocycles. The molecular formula is C22H31ClN6O4. The number of alkyl carbamates (subject to hydrolysis) is 1. The molecule has 1 aliphatic heterocycles. The summed E-state index contributed by atoms with van der Waals surface area (Å²) in [6.07, 6.45) is 3.50. The normalized spacial score (nSPS) is 15.5. The molecule has 10 nitrogen and oxygen atoms in total. The number of hydrogen-bond acceptors (Lipinski definition) is 8. The van der Waals surface area contributed by atoms with Gasteiger partial charge in [0.05, 0.1) is 16.8 Å². The number of nitrogens with zero attached hydrogens (tertiary/aromatic N) is 4. The summed E-state index contributed by atoms with van der Waals surface area (Å²) in [5.74, 6) is 1.39. The van der Waals surface area contributed by atoms with Crippen LogP contribution in [0.4, 0.5) is 22.0 Å². The fourth-order valence-electron chi connectivity index (χ4n) is 3.30. The van der Waals surface area contributed by atoms with Crippen LogP contribution in [0.5, 0.6) is 0 Å². The molecular weight excluding hydrogens is 448 g/mol. The molecule has 0 aliphatic carbocycles. The quantitative estimate of drug-likeness (QED) is 0.377. The van der Waals surface area contributed by atoms with Crippen molar-refractivity contribution in [2.24, 2.45) is 5.92 Å². The Labute approximate surface area is 198 Å². The summed E-state index contributed by atoms with van der Waals surface area (Å²) < 4.78 is 5.25. The molecule has 3 rings (SSSR count). The Kier molecular flexibility index (Phi) is 8.81. The van der Waals surface area contributed by atoms with Crippen LogP contribution in [0.15, 0.2) is 24.5 Å². The van der Waals surface area contributed by atoms with E-state index in [1.165, 1.54) is 6.07 Å². The van der Waals surface area contributed by atoms with Crippen molar-refractivity contribution in [3.63, 3.8) is 0 Å². The minimum atomic E-state index is -0.504. The second-order valence-corrected chi connectivity index (χ2v) is 9.31. The van der Waals surface area contributed by atoms with Gasteiger partial charge in [-0.25, -0.2) is 14.8 Å². The molecule has 0 aromatic carbocycles. The number of aromatic nitrogens is 2. The molecule has 1 saturated heterocycles. The third-order valence-electron chi connectivity index (χ3n) is 4.80. The molecule has 0 radical (unpaired) electrons. The average Bonchev–Trinajstić information content (AvgIpc) is 3.16. The van der Waals surface area contributed by atoms with Gasteiger partial charge in [0.15, 0.2) is 0 Å². The Morgan fingerprint density at radius 1 is 1.30 bits per heavy atom. The minimum absolute atomic E-state index is 0.0353. The predicted molar refractivity (Wildman–Crippen MR) is 129 cm³/mol. The molecule has 1 fully saturated rings. The van der Waals surface area contributed by atoms with Crippen LogP contribution in [-0.4, -0.2) is 46.2 Å². The Bertz CT molecular complexity index is 995. The van der Waals surface area contributed by atoms with Crippen molar-refractivity contribution in [1.82, 2.24) is 15.3 Å². The van der Waals surface area contributed by atoms with E-state index in [0.717, 1.165) is 37.1 Å². The van der Waals surface area contributed by atoms with Crippen LogP contribution in [0.3, 0.4) is 0 Å². The van der Waals surface area contributed by atoms with Crippen molar-refractivity contribution in [2.45, 2.75) is 46.6 Å². The van der Waals surface area contributed by atoms with Gasteiger partial charge in [0.1, 0.15) is 22.8 Å². The number of rotatable bonds is 4. The van der Waals surface area contributed by atoms with Crippen LogP contribution >= 0.6 is 11.6 Å². The van der Waals surface area contributed by atoms with E-state index >= 15 is 0 Å². The number of aryl methyl sites for hydroxylation is 2. The zero-order valence-corrected chi connectivity index (χ0v) is 20.3. The highest BCUT2D eigenvalue weighted by Gasteiger charge is 2.25. The van der Waals surface area contributed by atoms with Crippen LogP contribution in [0.1, 0.15) is 38.3 Å². The zero-order chi connectivity index (χ0) is 24.8. The predicted octanol–water partition coefficient (Wildman–Crippen LogP) is 4.27. The lowest BCUT2D eigenvalue weighted by atomic mass is 10.1. The maximum absolute atomic E-state index is 11.7. The first-order chi connectivity index (χ1) is 15.4. The lowest BCUT2D eigenvalue weighted by molar-refractivity contribution is -0.385. The second-order valence-electron chi connectivity index (χ2n) is 8.95. The lowest BCUT2D eigenvalue weighted by Gasteiger charge is -2.21. The highest BCUT2D eigenvalue weighted by atomic mass is 35.5. The Morgan fingerprint density at radius 3 is 2.58 bits per heavy atom. The number of anilines is 2. The first-order valence-corrected chi connectivity index (χ1v) is 10.9. The molecule has 0 spiro atoms. The number of carbonyl (C=O) groups is 1. The van der Waals surface area contributed by atoms with E-state index in [1.54, 1.807) is 13.1 Å². The Balaban J connectivity index is 0.000000294. The van der Waals surface area contributed by atoms with Crippen LogP contribution in [-0.2, 0) is 4.74 Å². The summed E-state index contributed by atoms with van der Waals surface area (Å²) in [7, 11) is 0. The van der Waals surface area contributed by atoms with Gasteiger partial charge in [-0.15, -0.1) is 0 Å². The van der Waals surface area contributed by atoms with E-state index in [9.17, 15) is 14.9 Å². The number of halogens is 1. The maximum Gasteiger partial charge on any atom is 0.407 e. The number of nitrogens with two attached hydrogens (primary N) is 1. The van der Waals surface area contributed by atoms with Crippen molar-refractivity contribution >= 4 is 34.9 Å². The first-order valence-electron chi connectivity index (χ1n) is 10.6. The van der Waals surface area contributed by atoms with Crippen LogP contribution in [0, 0.1) is 29.9 Å². The molecule has 1 atom stereocenters. The largest absolute Gasteiger partial charge is 0.444 e. The van der Waals surface area contributed by atoms with Gasteiger partial charge in [0.25, 0.3) is 5.69 Å². The highest BCUT2D eigenvalue weighted by Crippen LogP contribution is 2.25. The van der Waals surface area contributed by atoms with Crippen molar-refractivity contribution < 1.29 is 14.5 Å². The van der Waals surface area contributed by atoms with Crippen molar-refractivity contribution in [2.75, 3.05) is 30.3 Å². The monoisotopic (exact) mass is 478 g/mol. The SMILES string of the molecule is Cc1cc(N)cnc1N1CCC(CNC(=O)OC(C)(C)C)C1.Cc1cc([N+](=O)[O-])cnc1Cl. The van der Waals surface area contributed by atoms with Crippen LogP contribution < -0.4 is 16.0 Å². The van der Waals surface area contributed by atoms with Gasteiger partial charge >= 0.3 is 6.09 Å². The van der Waals surface area contributed by atoms with Gasteiger partial charge in [-0.3, -0.25) is 10.1 Å². The summed E-state index contributed by atoms with van der Waals surface area (Å²) in [5, 5.41) is 13.3. The fourth-order valence-corrected chi connectivity index (χ4v) is 3.40. The molecule has 2 aromatic heterocycles. The van der Waals surface area contributed by atoms with Crippen LogP contribution in [0.25, 0.3) is 0 Å². The molecule has 0 saturated carbocycles. The van der Waals surface area contributed by atoms with Gasteiger partial charge in [-0.2, -0.15) is 0 Å². The van der Waals surface area contributed by atoms with Crippen molar-refractivity contribution in [3.05, 3.63) is 50.9 Å².